The number of benzene rings is 3. The zero-order valence-electron chi connectivity index (χ0n) is 22.3. The summed E-state index contributed by atoms with van der Waals surface area (Å²) in [6.45, 7) is 8.10. The molecule has 0 N–H and O–H groups in total. The summed E-state index contributed by atoms with van der Waals surface area (Å²) in [7, 11) is 0. The van der Waals surface area contributed by atoms with Gasteiger partial charge in [0.1, 0.15) is 11.7 Å². The molecule has 3 atom stereocenters. The van der Waals surface area contributed by atoms with E-state index in [0.29, 0.717) is 13.0 Å². The maximum Gasteiger partial charge on any atom is 0.419 e. The van der Waals surface area contributed by atoms with Crippen molar-refractivity contribution in [1.29, 1.82) is 0 Å². The summed E-state index contributed by atoms with van der Waals surface area (Å²) < 4.78 is 13.1. The average molecular weight is 511 g/mol. The molecule has 38 heavy (non-hydrogen) atoms. The molecule has 1 amide bonds. The van der Waals surface area contributed by atoms with Crippen LogP contribution in [0.25, 0.3) is 10.9 Å². The molecule has 0 bridgehead atoms. The first-order chi connectivity index (χ1) is 18.2. The van der Waals surface area contributed by atoms with E-state index in [0.717, 1.165) is 27.6 Å². The highest BCUT2D eigenvalue weighted by Crippen LogP contribution is 2.41. The highest BCUT2D eigenvalue weighted by molar-refractivity contribution is 5.92. The van der Waals surface area contributed by atoms with Crippen molar-refractivity contribution in [3.8, 4) is 0 Å². The third-order valence-electron chi connectivity index (χ3n) is 6.90. The number of ether oxygens (including phenoxy) is 2. The average Bonchev–Trinajstić information content (AvgIpc) is 3.63. The Balaban J connectivity index is 1.41. The second-order valence-electron chi connectivity index (χ2n) is 10.8. The van der Waals surface area contributed by atoms with Crippen molar-refractivity contribution in [2.45, 2.75) is 58.0 Å². The molecule has 0 radical (unpaired) electrons. The minimum atomic E-state index is -0.601. The van der Waals surface area contributed by atoms with Crippen molar-refractivity contribution in [2.24, 2.45) is 0 Å². The lowest BCUT2D eigenvalue weighted by molar-refractivity contribution is -0.134. The van der Waals surface area contributed by atoms with Crippen molar-refractivity contribution < 1.29 is 19.1 Å². The van der Waals surface area contributed by atoms with E-state index < -0.39 is 17.8 Å². The molecule has 1 aromatic heterocycles. The summed E-state index contributed by atoms with van der Waals surface area (Å²) in [5, 5.41) is 0.975. The van der Waals surface area contributed by atoms with Crippen LogP contribution in [0.2, 0.25) is 0 Å². The van der Waals surface area contributed by atoms with Crippen molar-refractivity contribution in [3.05, 3.63) is 108 Å². The minimum Gasteiger partial charge on any atom is -0.443 e. The molecule has 1 saturated heterocycles. The maximum absolute atomic E-state index is 13.8. The largest absolute Gasteiger partial charge is 0.443 e. The van der Waals surface area contributed by atoms with Crippen LogP contribution in [-0.2, 0) is 20.7 Å². The molecule has 6 heteroatoms. The van der Waals surface area contributed by atoms with Crippen LogP contribution in [0.4, 0.5) is 4.79 Å². The number of hydrogen-bond donors (Lipinski definition) is 0. The van der Waals surface area contributed by atoms with Crippen molar-refractivity contribution in [3.63, 3.8) is 0 Å². The number of amides is 1. The third-order valence-corrected chi connectivity index (χ3v) is 6.90. The van der Waals surface area contributed by atoms with Gasteiger partial charge in [0.05, 0.1) is 11.6 Å². The number of nitrogens with zero attached hydrogens (tertiary/aromatic N) is 2. The number of carbonyl (C=O) groups is 2. The molecule has 0 unspecified atom stereocenters. The standard InChI is InChI=1S/C32H34N2O4/c1-22(23-13-7-5-8-14-23)33(30(35)29-28(37-29)24-15-9-6-10-16-24)20-19-25-21-34(31(36)38-32(2,3)4)27-18-12-11-17-26(25)27/h5-18,21-22,28-29H,19-20H2,1-4H3/t22-,28+,29-/m0/s1. The van der Waals surface area contributed by atoms with Crippen molar-refractivity contribution >= 4 is 22.9 Å². The first-order valence-electron chi connectivity index (χ1n) is 13.1. The van der Waals surface area contributed by atoms with Gasteiger partial charge in [0.25, 0.3) is 5.91 Å². The fourth-order valence-electron chi connectivity index (χ4n) is 4.92. The number of hydrogen-bond acceptors (Lipinski definition) is 4. The zero-order chi connectivity index (χ0) is 26.9. The van der Waals surface area contributed by atoms with Gasteiger partial charge in [-0.1, -0.05) is 78.9 Å². The Morgan fingerprint density at radius 3 is 2.26 bits per heavy atom. The van der Waals surface area contributed by atoms with E-state index >= 15 is 0 Å². The Hall–Kier alpha value is -3.90. The molecule has 4 aromatic rings. The Bertz CT molecular complexity index is 1420. The van der Waals surface area contributed by atoms with Gasteiger partial charge < -0.3 is 14.4 Å². The topological polar surface area (TPSA) is 64.1 Å². The summed E-state index contributed by atoms with van der Waals surface area (Å²) in [4.78, 5) is 28.6. The molecule has 0 spiro atoms. The van der Waals surface area contributed by atoms with Gasteiger partial charge in [-0.15, -0.1) is 0 Å². The van der Waals surface area contributed by atoms with Gasteiger partial charge in [-0.2, -0.15) is 0 Å². The SMILES string of the molecule is C[C@@H](c1ccccc1)N(CCc1cn(C(=O)OC(C)(C)C)c2ccccc12)C(=O)[C@H]1O[C@@H]1c1ccccc1. The Labute approximate surface area is 223 Å². The van der Waals surface area contributed by atoms with Gasteiger partial charge in [0.2, 0.25) is 0 Å². The third kappa shape index (κ3) is 5.50. The van der Waals surface area contributed by atoms with Crippen LogP contribution in [0.1, 0.15) is 56.5 Å². The molecular formula is C32H34N2O4. The quantitative estimate of drug-likeness (QED) is 0.260. The number of fused-ring (bicyclic) bond motifs is 1. The Kier molecular flexibility index (Phi) is 7.09. The lowest BCUT2D eigenvalue weighted by Gasteiger charge is -2.29. The normalized spacial score (nSPS) is 17.7. The van der Waals surface area contributed by atoms with Crippen molar-refractivity contribution in [1.82, 2.24) is 9.47 Å². The fourth-order valence-corrected chi connectivity index (χ4v) is 4.92. The number of para-hydroxylation sites is 1. The maximum atomic E-state index is 13.8. The van der Waals surface area contributed by atoms with Crippen LogP contribution >= 0.6 is 0 Å². The minimum absolute atomic E-state index is 0.0221. The summed E-state index contributed by atoms with van der Waals surface area (Å²) in [6.07, 6.45) is 1.30. The smallest absolute Gasteiger partial charge is 0.419 e. The van der Waals surface area contributed by atoms with E-state index in [1.165, 1.54) is 0 Å². The lowest BCUT2D eigenvalue weighted by atomic mass is 10.0. The monoisotopic (exact) mass is 510 g/mol. The summed E-state index contributed by atoms with van der Waals surface area (Å²) in [5.41, 5.74) is 3.25. The van der Waals surface area contributed by atoms with Gasteiger partial charge in [0.15, 0.2) is 6.10 Å². The van der Waals surface area contributed by atoms with Crippen LogP contribution in [0.5, 0.6) is 0 Å². The van der Waals surface area contributed by atoms with Crippen LogP contribution in [0.3, 0.4) is 0 Å². The molecule has 1 aliphatic rings. The molecule has 0 saturated carbocycles. The number of aromatic nitrogens is 1. The van der Waals surface area contributed by atoms with E-state index in [1.807, 2.05) is 117 Å². The van der Waals surface area contributed by atoms with Gasteiger partial charge in [-0.25, -0.2) is 4.79 Å². The number of epoxide rings is 1. The Morgan fingerprint density at radius 1 is 0.947 bits per heavy atom. The van der Waals surface area contributed by atoms with E-state index in [4.69, 9.17) is 9.47 Å². The van der Waals surface area contributed by atoms with Gasteiger partial charge in [0, 0.05) is 18.1 Å². The molecule has 0 aliphatic carbocycles. The summed E-state index contributed by atoms with van der Waals surface area (Å²) >= 11 is 0. The molecule has 1 aliphatic heterocycles. The number of carbonyl (C=O) groups excluding carboxylic acids is 2. The van der Waals surface area contributed by atoms with Crippen LogP contribution in [0.15, 0.2) is 91.1 Å². The van der Waals surface area contributed by atoms with E-state index in [1.54, 1.807) is 4.57 Å². The lowest BCUT2D eigenvalue weighted by Crippen LogP contribution is -2.38. The predicted molar refractivity (Wildman–Crippen MR) is 148 cm³/mol. The fraction of sp³-hybridized carbons (Fsp3) is 0.312. The Morgan fingerprint density at radius 2 is 1.58 bits per heavy atom. The van der Waals surface area contributed by atoms with E-state index in [9.17, 15) is 9.59 Å². The first kappa shape index (κ1) is 25.7. The highest BCUT2D eigenvalue weighted by Gasteiger charge is 2.48. The highest BCUT2D eigenvalue weighted by atomic mass is 16.6. The zero-order valence-corrected chi connectivity index (χ0v) is 22.3. The van der Waals surface area contributed by atoms with E-state index in [2.05, 4.69) is 6.92 Å². The molecule has 196 valence electrons. The van der Waals surface area contributed by atoms with Crippen molar-refractivity contribution in [2.75, 3.05) is 6.54 Å². The van der Waals surface area contributed by atoms with Crippen LogP contribution in [-0.4, -0.2) is 39.7 Å². The second-order valence-corrected chi connectivity index (χ2v) is 10.8. The molecular weight excluding hydrogens is 476 g/mol. The van der Waals surface area contributed by atoms with Gasteiger partial charge in [-0.05, 0) is 56.9 Å². The number of rotatable bonds is 7. The summed E-state index contributed by atoms with van der Waals surface area (Å²) in [5.74, 6) is -0.0221. The second kappa shape index (κ2) is 10.5. The summed E-state index contributed by atoms with van der Waals surface area (Å²) in [6, 6.07) is 27.6. The molecule has 2 heterocycles. The molecule has 1 fully saturated rings. The van der Waals surface area contributed by atoms with Gasteiger partial charge >= 0.3 is 6.09 Å². The van der Waals surface area contributed by atoms with Gasteiger partial charge in [-0.3, -0.25) is 9.36 Å². The van der Waals surface area contributed by atoms with Crippen LogP contribution < -0.4 is 0 Å². The molecule has 3 aromatic carbocycles. The molecule has 5 rings (SSSR count). The van der Waals surface area contributed by atoms with E-state index in [-0.39, 0.29) is 18.1 Å². The first-order valence-corrected chi connectivity index (χ1v) is 13.1. The molecule has 6 nitrogen and oxygen atoms in total. The predicted octanol–water partition coefficient (Wildman–Crippen LogP) is 6.70. The van der Waals surface area contributed by atoms with Crippen LogP contribution in [0, 0.1) is 0 Å².